The van der Waals surface area contributed by atoms with Gasteiger partial charge in [0.05, 0.1) is 19.8 Å². The first kappa shape index (κ1) is 58.5. The van der Waals surface area contributed by atoms with Crippen molar-refractivity contribution in [1.29, 1.82) is 0 Å². The van der Waals surface area contributed by atoms with Gasteiger partial charge in [-0.1, -0.05) is 197 Å². The van der Waals surface area contributed by atoms with Crippen LogP contribution < -0.4 is 5.73 Å². The summed E-state index contributed by atoms with van der Waals surface area (Å²) in [6.07, 6.45) is 58.5. The molecule has 2 atom stereocenters. The average molecular weight is 866 g/mol. The Balaban J connectivity index is 3.95. The molecule has 0 aromatic carbocycles. The van der Waals surface area contributed by atoms with Crippen molar-refractivity contribution in [2.75, 3.05) is 33.0 Å². The fraction of sp³-hybridized carbons (Fsp3) is 0.824. The molecular formula is C51H96NO7P. The molecule has 60 heavy (non-hydrogen) atoms. The highest BCUT2D eigenvalue weighted by Gasteiger charge is 2.25. The lowest BCUT2D eigenvalue weighted by atomic mass is 10.0. The standard InChI is InChI=1S/C51H96NO7P/c1-3-5-7-9-11-13-15-17-19-21-22-23-24-25-26-27-28-29-30-32-34-36-38-40-42-44-51(53)59-50(49-58-60(54,55)57-47-45-52)48-56-46-43-41-39-37-35-33-31-20-18-16-14-12-10-8-6-4-2/h15,17-18,20-22,24-25,50H,3-14,16,19,23,26-49,52H2,1-2H3,(H,54,55)/b17-15-,20-18-,22-21-,25-24-. The summed E-state index contributed by atoms with van der Waals surface area (Å²) in [6.45, 7) is 4.91. The maximum atomic E-state index is 12.6. The largest absolute Gasteiger partial charge is 0.472 e. The number of allylic oxidation sites excluding steroid dienone is 8. The number of nitrogens with two attached hydrogens (primary N) is 1. The lowest BCUT2D eigenvalue weighted by Crippen LogP contribution is -2.28. The van der Waals surface area contributed by atoms with E-state index in [1.165, 1.54) is 167 Å². The van der Waals surface area contributed by atoms with Gasteiger partial charge in [0.15, 0.2) is 0 Å². The minimum atomic E-state index is -4.28. The summed E-state index contributed by atoms with van der Waals surface area (Å²) in [5.74, 6) is -0.335. The SMILES string of the molecule is CCCCCCC/C=C\C/C=C\C/C=C\CCCCCCCCCCCCC(=O)OC(COCCCCCCCC/C=C\CCCCCCCC)COP(=O)(O)OCCN. The Kier molecular flexibility index (Phi) is 47.2. The summed E-state index contributed by atoms with van der Waals surface area (Å²) >= 11 is 0. The molecule has 0 spiro atoms. The molecule has 0 rings (SSSR count). The quantitative estimate of drug-likeness (QED) is 0.0269. The number of phosphoric acid groups is 1. The molecule has 0 aliphatic heterocycles. The van der Waals surface area contributed by atoms with Gasteiger partial charge >= 0.3 is 13.8 Å². The molecule has 8 nitrogen and oxygen atoms in total. The van der Waals surface area contributed by atoms with E-state index in [9.17, 15) is 14.3 Å². The molecule has 3 N–H and O–H groups in total. The van der Waals surface area contributed by atoms with Gasteiger partial charge in [0.1, 0.15) is 6.10 Å². The van der Waals surface area contributed by atoms with Crippen LogP contribution in [-0.4, -0.2) is 49.9 Å². The third-order valence-corrected chi connectivity index (χ3v) is 11.7. The summed E-state index contributed by atoms with van der Waals surface area (Å²) in [5, 5.41) is 0. The van der Waals surface area contributed by atoms with Gasteiger partial charge in [0.25, 0.3) is 0 Å². The zero-order valence-corrected chi connectivity index (χ0v) is 40.1. The monoisotopic (exact) mass is 866 g/mol. The predicted molar refractivity (Wildman–Crippen MR) is 256 cm³/mol. The second-order valence-corrected chi connectivity index (χ2v) is 18.1. The zero-order chi connectivity index (χ0) is 43.7. The topological polar surface area (TPSA) is 117 Å². The van der Waals surface area contributed by atoms with Crippen LogP contribution in [-0.2, 0) is 27.9 Å². The van der Waals surface area contributed by atoms with Gasteiger partial charge in [-0.25, -0.2) is 4.57 Å². The Morgan fingerprint density at radius 3 is 1.33 bits per heavy atom. The van der Waals surface area contributed by atoms with E-state index in [2.05, 4.69) is 62.5 Å². The van der Waals surface area contributed by atoms with E-state index < -0.39 is 13.9 Å². The Morgan fingerprint density at radius 1 is 0.500 bits per heavy atom. The molecule has 0 amide bonds. The fourth-order valence-corrected chi connectivity index (χ4v) is 7.76. The van der Waals surface area contributed by atoms with Gasteiger partial charge in [-0.05, 0) is 77.0 Å². The van der Waals surface area contributed by atoms with E-state index in [4.69, 9.17) is 24.3 Å². The number of unbranched alkanes of at least 4 members (excludes halogenated alkanes) is 27. The molecule has 0 saturated carbocycles. The Morgan fingerprint density at radius 2 is 0.883 bits per heavy atom. The van der Waals surface area contributed by atoms with Gasteiger partial charge in [-0.2, -0.15) is 0 Å². The lowest BCUT2D eigenvalue weighted by molar-refractivity contribution is -0.154. The number of hydrogen-bond donors (Lipinski definition) is 2. The molecule has 0 aliphatic rings. The molecule has 0 aromatic heterocycles. The number of carbonyl (C=O) groups is 1. The Hall–Kier alpha value is -1.54. The first-order valence-electron chi connectivity index (χ1n) is 25.1. The summed E-state index contributed by atoms with van der Waals surface area (Å²) in [4.78, 5) is 22.6. The van der Waals surface area contributed by atoms with Crippen molar-refractivity contribution in [1.82, 2.24) is 0 Å². The molecule has 0 heterocycles. The molecule has 0 aliphatic carbocycles. The predicted octanol–water partition coefficient (Wildman–Crippen LogP) is 15.5. The molecule has 0 radical (unpaired) electrons. The van der Waals surface area contributed by atoms with Gasteiger partial charge in [-0.3, -0.25) is 13.8 Å². The van der Waals surface area contributed by atoms with Gasteiger partial charge in [-0.15, -0.1) is 0 Å². The van der Waals surface area contributed by atoms with Crippen LogP contribution in [0, 0.1) is 0 Å². The summed E-state index contributed by atoms with van der Waals surface area (Å²) in [5.41, 5.74) is 5.38. The number of phosphoric ester groups is 1. The maximum absolute atomic E-state index is 12.6. The van der Waals surface area contributed by atoms with E-state index in [-0.39, 0.29) is 32.3 Å². The van der Waals surface area contributed by atoms with Gasteiger partial charge < -0.3 is 20.1 Å². The normalized spacial score (nSPS) is 13.7. The first-order valence-corrected chi connectivity index (χ1v) is 26.6. The van der Waals surface area contributed by atoms with Crippen LogP contribution in [0.4, 0.5) is 0 Å². The van der Waals surface area contributed by atoms with Crippen LogP contribution in [0.3, 0.4) is 0 Å². The zero-order valence-electron chi connectivity index (χ0n) is 39.2. The minimum Gasteiger partial charge on any atom is -0.457 e. The van der Waals surface area contributed by atoms with Crippen LogP contribution in [0.1, 0.15) is 232 Å². The second kappa shape index (κ2) is 48.5. The maximum Gasteiger partial charge on any atom is 0.472 e. The highest BCUT2D eigenvalue weighted by Crippen LogP contribution is 2.43. The molecule has 9 heteroatoms. The van der Waals surface area contributed by atoms with E-state index >= 15 is 0 Å². The summed E-state index contributed by atoms with van der Waals surface area (Å²) < 4.78 is 33.5. The molecule has 0 fully saturated rings. The van der Waals surface area contributed by atoms with Gasteiger partial charge in [0, 0.05) is 19.6 Å². The highest BCUT2D eigenvalue weighted by molar-refractivity contribution is 7.47. The number of rotatable bonds is 48. The molecule has 0 saturated heterocycles. The van der Waals surface area contributed by atoms with E-state index in [0.717, 1.165) is 44.9 Å². The van der Waals surface area contributed by atoms with Gasteiger partial charge in [0.2, 0.25) is 0 Å². The third kappa shape index (κ3) is 47.5. The number of carbonyl (C=O) groups excluding carboxylic acids is 1. The van der Waals surface area contributed by atoms with Crippen molar-refractivity contribution in [3.05, 3.63) is 48.6 Å². The van der Waals surface area contributed by atoms with Crippen molar-refractivity contribution < 1.29 is 32.8 Å². The van der Waals surface area contributed by atoms with Crippen LogP contribution >= 0.6 is 7.82 Å². The van der Waals surface area contributed by atoms with Crippen molar-refractivity contribution in [3.8, 4) is 0 Å². The van der Waals surface area contributed by atoms with Crippen molar-refractivity contribution in [3.63, 3.8) is 0 Å². The van der Waals surface area contributed by atoms with Crippen molar-refractivity contribution in [2.45, 2.75) is 238 Å². The Labute approximate surface area is 371 Å². The summed E-state index contributed by atoms with van der Waals surface area (Å²) in [7, 11) is -4.28. The molecule has 0 bridgehead atoms. The van der Waals surface area contributed by atoms with Crippen molar-refractivity contribution in [2.24, 2.45) is 5.73 Å². The highest BCUT2D eigenvalue weighted by atomic mass is 31.2. The fourth-order valence-electron chi connectivity index (χ4n) is 7.00. The minimum absolute atomic E-state index is 0.0978. The number of ether oxygens (including phenoxy) is 2. The number of esters is 1. The van der Waals surface area contributed by atoms with Crippen LogP contribution in [0.2, 0.25) is 0 Å². The average Bonchev–Trinajstić information content (AvgIpc) is 3.24. The first-order chi connectivity index (χ1) is 29.4. The molecule has 2 unspecified atom stereocenters. The molecule has 352 valence electrons. The van der Waals surface area contributed by atoms with E-state index in [1.807, 2.05) is 0 Å². The molecular weight excluding hydrogens is 770 g/mol. The smallest absolute Gasteiger partial charge is 0.457 e. The lowest BCUT2D eigenvalue weighted by Gasteiger charge is -2.20. The summed E-state index contributed by atoms with van der Waals surface area (Å²) in [6, 6.07) is 0. The molecule has 0 aromatic rings. The second-order valence-electron chi connectivity index (χ2n) is 16.7. The van der Waals surface area contributed by atoms with Crippen LogP contribution in [0.25, 0.3) is 0 Å². The number of hydrogen-bond acceptors (Lipinski definition) is 7. The third-order valence-electron chi connectivity index (χ3n) is 10.7. The van der Waals surface area contributed by atoms with E-state index in [0.29, 0.717) is 13.0 Å². The Bertz CT molecular complexity index is 1060. The van der Waals surface area contributed by atoms with Crippen LogP contribution in [0.5, 0.6) is 0 Å². The van der Waals surface area contributed by atoms with Crippen LogP contribution in [0.15, 0.2) is 48.6 Å². The van der Waals surface area contributed by atoms with E-state index in [1.54, 1.807) is 0 Å². The van der Waals surface area contributed by atoms with Crippen molar-refractivity contribution >= 4 is 13.8 Å².